The summed E-state index contributed by atoms with van der Waals surface area (Å²) >= 11 is 0. The van der Waals surface area contributed by atoms with Crippen molar-refractivity contribution in [2.45, 2.75) is 12.8 Å². The number of nitrogens with zero attached hydrogens (tertiary/aromatic N) is 3. The van der Waals surface area contributed by atoms with Crippen LogP contribution in [0.15, 0.2) is 30.6 Å². The Kier molecular flexibility index (Phi) is 3.64. The molecule has 1 aromatic heterocycles. The van der Waals surface area contributed by atoms with Crippen molar-refractivity contribution in [2.24, 2.45) is 0 Å². The fourth-order valence-corrected chi connectivity index (χ4v) is 2.87. The third-order valence-corrected chi connectivity index (χ3v) is 4.08. The molecule has 0 unspecified atom stereocenters. The first-order valence-corrected chi connectivity index (χ1v) is 7.28. The summed E-state index contributed by atoms with van der Waals surface area (Å²) in [5.41, 5.74) is 7.85. The zero-order chi connectivity index (χ0) is 14.8. The lowest BCUT2D eigenvalue weighted by Gasteiger charge is -2.24. The first kappa shape index (κ1) is 13.7. The number of nitrogen functional groups attached to an aromatic ring is 1. The van der Waals surface area contributed by atoms with Crippen LogP contribution in [0.25, 0.3) is 10.8 Å². The number of carbonyl (C=O) groups is 1. The van der Waals surface area contributed by atoms with E-state index in [1.165, 1.54) is 0 Å². The fourth-order valence-electron chi connectivity index (χ4n) is 2.87. The van der Waals surface area contributed by atoms with E-state index >= 15 is 0 Å². The molecule has 2 aromatic rings. The van der Waals surface area contributed by atoms with E-state index in [1.807, 2.05) is 35.0 Å². The molecular formula is C16H20N4O. The lowest BCUT2D eigenvalue weighted by Crippen LogP contribution is -2.37. The van der Waals surface area contributed by atoms with Crippen LogP contribution in [-0.4, -0.2) is 42.5 Å². The van der Waals surface area contributed by atoms with Crippen molar-refractivity contribution in [2.75, 3.05) is 37.3 Å². The Hall–Kier alpha value is -2.30. The first-order valence-electron chi connectivity index (χ1n) is 7.28. The summed E-state index contributed by atoms with van der Waals surface area (Å²) < 4.78 is 0. The molecule has 0 radical (unpaired) electrons. The van der Waals surface area contributed by atoms with Gasteiger partial charge in [0.2, 0.25) is 5.91 Å². The second-order valence-electron chi connectivity index (χ2n) is 5.54. The van der Waals surface area contributed by atoms with Crippen molar-refractivity contribution < 1.29 is 4.79 Å². The monoisotopic (exact) mass is 284 g/mol. The van der Waals surface area contributed by atoms with Gasteiger partial charge in [0.25, 0.3) is 0 Å². The molecule has 5 heteroatoms. The topological polar surface area (TPSA) is 62.5 Å². The van der Waals surface area contributed by atoms with Gasteiger partial charge in [0.1, 0.15) is 0 Å². The van der Waals surface area contributed by atoms with Crippen molar-refractivity contribution in [3.8, 4) is 0 Å². The van der Waals surface area contributed by atoms with Crippen LogP contribution in [0.3, 0.4) is 0 Å². The smallest absolute Gasteiger partial charge is 0.242 e. The third kappa shape index (κ3) is 2.63. The predicted octanol–water partition coefficient (Wildman–Crippen LogP) is 1.88. The van der Waals surface area contributed by atoms with Gasteiger partial charge in [-0.05, 0) is 25.0 Å². The van der Waals surface area contributed by atoms with Crippen molar-refractivity contribution in [1.82, 2.24) is 9.88 Å². The highest BCUT2D eigenvalue weighted by molar-refractivity contribution is 5.99. The fraction of sp³-hybridized carbons (Fsp3) is 0.375. The van der Waals surface area contributed by atoms with Gasteiger partial charge < -0.3 is 15.5 Å². The van der Waals surface area contributed by atoms with Gasteiger partial charge in [-0.2, -0.15) is 0 Å². The average Bonchev–Trinajstić information content (AvgIpc) is 3.02. The van der Waals surface area contributed by atoms with E-state index in [4.69, 9.17) is 5.73 Å². The number of anilines is 2. The normalized spacial score (nSPS) is 14.6. The number of likely N-dealkylation sites (N-methyl/N-ethyl adjacent to an activating group) is 1. The molecule has 0 atom stereocenters. The molecule has 5 nitrogen and oxygen atoms in total. The van der Waals surface area contributed by atoms with Crippen LogP contribution in [0.1, 0.15) is 12.8 Å². The van der Waals surface area contributed by atoms with E-state index in [0.717, 1.165) is 42.4 Å². The second-order valence-corrected chi connectivity index (χ2v) is 5.54. The lowest BCUT2D eigenvalue weighted by atomic mass is 10.1. The van der Waals surface area contributed by atoms with Gasteiger partial charge in [0.15, 0.2) is 0 Å². The number of pyridine rings is 1. The van der Waals surface area contributed by atoms with Gasteiger partial charge in [-0.25, -0.2) is 0 Å². The van der Waals surface area contributed by atoms with Gasteiger partial charge in [-0.3, -0.25) is 9.78 Å². The Balaban J connectivity index is 1.82. The summed E-state index contributed by atoms with van der Waals surface area (Å²) in [6, 6.07) is 5.85. The summed E-state index contributed by atoms with van der Waals surface area (Å²) in [4.78, 5) is 20.2. The average molecular weight is 284 g/mol. The number of likely N-dealkylation sites (tertiary alicyclic amines) is 1. The summed E-state index contributed by atoms with van der Waals surface area (Å²) in [6.45, 7) is 2.12. The Morgan fingerprint density at radius 1 is 1.33 bits per heavy atom. The van der Waals surface area contributed by atoms with Gasteiger partial charge in [0, 0.05) is 43.3 Å². The summed E-state index contributed by atoms with van der Waals surface area (Å²) in [6.07, 6.45) is 5.75. The summed E-state index contributed by atoms with van der Waals surface area (Å²) in [5, 5.41) is 1.99. The number of hydrogen-bond acceptors (Lipinski definition) is 4. The maximum Gasteiger partial charge on any atom is 0.242 e. The van der Waals surface area contributed by atoms with Gasteiger partial charge in [-0.15, -0.1) is 0 Å². The maximum atomic E-state index is 12.2. The van der Waals surface area contributed by atoms with Crippen LogP contribution in [0, 0.1) is 0 Å². The number of rotatable bonds is 3. The zero-order valence-electron chi connectivity index (χ0n) is 12.2. The van der Waals surface area contributed by atoms with Crippen LogP contribution in [0.5, 0.6) is 0 Å². The van der Waals surface area contributed by atoms with Gasteiger partial charge >= 0.3 is 0 Å². The second kappa shape index (κ2) is 5.60. The lowest BCUT2D eigenvalue weighted by molar-refractivity contribution is -0.128. The predicted molar refractivity (Wildman–Crippen MR) is 85.2 cm³/mol. The van der Waals surface area contributed by atoms with Gasteiger partial charge in [0.05, 0.1) is 17.9 Å². The minimum absolute atomic E-state index is 0.171. The van der Waals surface area contributed by atoms with Gasteiger partial charge in [-0.1, -0.05) is 6.07 Å². The molecule has 21 heavy (non-hydrogen) atoms. The minimum Gasteiger partial charge on any atom is -0.397 e. The van der Waals surface area contributed by atoms with Crippen LogP contribution < -0.4 is 10.6 Å². The van der Waals surface area contributed by atoms with Crippen molar-refractivity contribution in [3.05, 3.63) is 30.6 Å². The number of aromatic nitrogens is 1. The highest BCUT2D eigenvalue weighted by Gasteiger charge is 2.20. The number of benzene rings is 1. The van der Waals surface area contributed by atoms with Crippen LogP contribution >= 0.6 is 0 Å². The zero-order valence-corrected chi connectivity index (χ0v) is 12.2. The number of carbonyl (C=O) groups excluding carboxylic acids is 1. The van der Waals surface area contributed by atoms with Crippen LogP contribution in [-0.2, 0) is 4.79 Å². The third-order valence-electron chi connectivity index (χ3n) is 4.08. The molecule has 0 spiro atoms. The van der Waals surface area contributed by atoms with E-state index < -0.39 is 0 Å². The highest BCUT2D eigenvalue weighted by Crippen LogP contribution is 2.30. The molecular weight excluding hydrogens is 264 g/mol. The number of hydrogen-bond donors (Lipinski definition) is 1. The molecule has 1 fully saturated rings. The molecule has 1 saturated heterocycles. The van der Waals surface area contributed by atoms with E-state index in [-0.39, 0.29) is 5.91 Å². The molecule has 0 saturated carbocycles. The number of amides is 1. The number of nitrogens with two attached hydrogens (primary N) is 1. The quantitative estimate of drug-likeness (QED) is 0.874. The molecule has 1 aromatic carbocycles. The molecule has 0 bridgehead atoms. The first-order chi connectivity index (χ1) is 10.2. The Bertz CT molecular complexity index is 664. The van der Waals surface area contributed by atoms with Crippen molar-refractivity contribution in [3.63, 3.8) is 0 Å². The molecule has 2 N–H and O–H groups in total. The van der Waals surface area contributed by atoms with Crippen LogP contribution in [0.4, 0.5) is 11.4 Å². The van der Waals surface area contributed by atoms with E-state index in [0.29, 0.717) is 12.2 Å². The summed E-state index contributed by atoms with van der Waals surface area (Å²) in [7, 11) is 1.91. The SMILES string of the molecule is CN(CC(=O)N1CCCC1)c1ccc2cnccc2c1N. The Morgan fingerprint density at radius 2 is 2.10 bits per heavy atom. The standard InChI is InChI=1S/C16H20N4O/c1-19(11-15(21)20-8-2-3-9-20)14-5-4-12-10-18-7-6-13(12)16(14)17/h4-7,10H,2-3,8-9,11,17H2,1H3. The van der Waals surface area contributed by atoms with Crippen molar-refractivity contribution in [1.29, 1.82) is 0 Å². The molecule has 110 valence electrons. The van der Waals surface area contributed by atoms with E-state index in [1.54, 1.807) is 12.4 Å². The highest BCUT2D eigenvalue weighted by atomic mass is 16.2. The maximum absolute atomic E-state index is 12.2. The number of fused-ring (bicyclic) bond motifs is 1. The molecule has 1 aliphatic heterocycles. The largest absolute Gasteiger partial charge is 0.397 e. The molecule has 1 amide bonds. The molecule has 1 aliphatic rings. The molecule has 0 aliphatic carbocycles. The van der Waals surface area contributed by atoms with E-state index in [2.05, 4.69) is 4.98 Å². The Labute approximate surface area is 124 Å². The minimum atomic E-state index is 0.171. The Morgan fingerprint density at radius 3 is 2.86 bits per heavy atom. The molecule has 3 rings (SSSR count). The van der Waals surface area contributed by atoms with Crippen molar-refractivity contribution >= 4 is 28.1 Å². The van der Waals surface area contributed by atoms with E-state index in [9.17, 15) is 4.79 Å². The molecule has 2 heterocycles. The summed E-state index contributed by atoms with van der Waals surface area (Å²) in [5.74, 6) is 0.171. The van der Waals surface area contributed by atoms with Crippen LogP contribution in [0.2, 0.25) is 0 Å².